The lowest BCUT2D eigenvalue weighted by Gasteiger charge is -2.37. The molecule has 1 saturated heterocycles. The molecule has 184 valence electrons. The lowest BCUT2D eigenvalue weighted by atomic mass is 9.98. The van der Waals surface area contributed by atoms with Gasteiger partial charge in [0.25, 0.3) is 11.5 Å². The van der Waals surface area contributed by atoms with Crippen LogP contribution in [0.4, 0.5) is 5.82 Å². The third-order valence-electron chi connectivity index (χ3n) is 6.71. The van der Waals surface area contributed by atoms with Crippen LogP contribution in [0.2, 0.25) is 0 Å². The van der Waals surface area contributed by atoms with Gasteiger partial charge in [0.1, 0.15) is 12.4 Å². The average molecular weight is 483 g/mol. The minimum absolute atomic E-state index is 0.114. The second kappa shape index (κ2) is 8.60. The van der Waals surface area contributed by atoms with E-state index in [1.807, 2.05) is 6.07 Å². The molecule has 3 aliphatic rings. The van der Waals surface area contributed by atoms with E-state index >= 15 is 0 Å². The Bertz CT molecular complexity index is 1340. The van der Waals surface area contributed by atoms with E-state index in [1.54, 1.807) is 28.0 Å². The van der Waals surface area contributed by atoms with Gasteiger partial charge in [-0.2, -0.15) is 0 Å². The number of benzene rings is 1. The van der Waals surface area contributed by atoms with Crippen molar-refractivity contribution in [2.75, 3.05) is 38.1 Å². The average Bonchev–Trinajstić information content (AvgIpc) is 3.21. The second-order valence-corrected chi connectivity index (χ2v) is 8.78. The first kappa shape index (κ1) is 22.7. The van der Waals surface area contributed by atoms with Crippen molar-refractivity contribution in [2.45, 2.75) is 18.4 Å². The minimum atomic E-state index is -0.976. The van der Waals surface area contributed by atoms with E-state index in [4.69, 9.17) is 9.47 Å². The normalized spacial score (nSPS) is 20.9. The Morgan fingerprint density at radius 2 is 1.63 bits per heavy atom. The number of amides is 3. The van der Waals surface area contributed by atoms with Gasteiger partial charge in [0.15, 0.2) is 11.5 Å². The summed E-state index contributed by atoms with van der Waals surface area (Å²) in [6.45, 7) is 1.33. The van der Waals surface area contributed by atoms with Crippen LogP contribution in [0.25, 0.3) is 0 Å². The fourth-order valence-corrected chi connectivity index (χ4v) is 4.69. The number of carbonyl (C=O) groups is 3. The second-order valence-electron chi connectivity index (χ2n) is 8.78. The molecule has 2 atom stereocenters. The quantitative estimate of drug-likeness (QED) is 0.594. The Kier molecular flexibility index (Phi) is 5.58. The van der Waals surface area contributed by atoms with Crippen molar-refractivity contribution in [3.8, 4) is 11.5 Å². The topological polar surface area (TPSA) is 132 Å². The molecule has 0 unspecified atom stereocenters. The van der Waals surface area contributed by atoms with Gasteiger partial charge in [-0.1, -0.05) is 12.1 Å². The molecule has 0 bridgehead atoms. The first-order valence-corrected chi connectivity index (χ1v) is 11.3. The van der Waals surface area contributed by atoms with Crippen LogP contribution in [0.15, 0.2) is 33.9 Å². The van der Waals surface area contributed by atoms with Crippen LogP contribution in [0.1, 0.15) is 17.9 Å². The van der Waals surface area contributed by atoms with E-state index in [9.17, 15) is 24.0 Å². The van der Waals surface area contributed by atoms with Crippen LogP contribution in [0.5, 0.6) is 11.5 Å². The van der Waals surface area contributed by atoms with Crippen molar-refractivity contribution < 1.29 is 23.9 Å². The molecule has 12 heteroatoms. The molecule has 1 N–H and O–H groups in total. The summed E-state index contributed by atoms with van der Waals surface area (Å²) in [4.78, 5) is 66.5. The molecule has 12 nitrogen and oxygen atoms in total. The van der Waals surface area contributed by atoms with Gasteiger partial charge < -0.3 is 24.6 Å². The first-order chi connectivity index (χ1) is 16.8. The van der Waals surface area contributed by atoms with E-state index in [0.29, 0.717) is 37.7 Å². The number of hydrogen-bond acceptors (Lipinski definition) is 7. The highest BCUT2D eigenvalue weighted by atomic mass is 16.6. The fraction of sp³-hybridized carbons (Fsp3) is 0.435. The van der Waals surface area contributed by atoms with Gasteiger partial charge in [0, 0.05) is 46.7 Å². The van der Waals surface area contributed by atoms with Crippen LogP contribution in [0.3, 0.4) is 0 Å². The van der Waals surface area contributed by atoms with Gasteiger partial charge in [-0.3, -0.25) is 28.3 Å². The highest BCUT2D eigenvalue weighted by Gasteiger charge is 2.39. The largest absolute Gasteiger partial charge is 0.485 e. The fourth-order valence-electron chi connectivity index (χ4n) is 4.69. The number of nitrogens with one attached hydrogen (secondary N) is 1. The van der Waals surface area contributed by atoms with Crippen LogP contribution in [-0.2, 0) is 28.5 Å². The van der Waals surface area contributed by atoms with Crippen LogP contribution >= 0.6 is 0 Å². The zero-order valence-electron chi connectivity index (χ0n) is 19.4. The molecule has 0 radical (unpaired) electrons. The highest BCUT2D eigenvalue weighted by molar-refractivity contribution is 6.04. The van der Waals surface area contributed by atoms with Crippen molar-refractivity contribution in [1.82, 2.24) is 18.9 Å². The van der Waals surface area contributed by atoms with Crippen molar-refractivity contribution in [3.63, 3.8) is 0 Å². The van der Waals surface area contributed by atoms with Gasteiger partial charge in [0.05, 0.1) is 11.5 Å². The third-order valence-corrected chi connectivity index (χ3v) is 6.71. The molecule has 4 heterocycles. The maximum atomic E-state index is 13.0. The van der Waals surface area contributed by atoms with Crippen molar-refractivity contribution >= 4 is 23.5 Å². The summed E-state index contributed by atoms with van der Waals surface area (Å²) in [5.74, 6) is -0.727. The number of ether oxygens (including phenoxy) is 2. The smallest absolute Gasteiger partial charge is 0.332 e. The molecule has 5 rings (SSSR count). The molecule has 35 heavy (non-hydrogen) atoms. The van der Waals surface area contributed by atoms with E-state index < -0.39 is 29.2 Å². The van der Waals surface area contributed by atoms with Crippen molar-refractivity contribution in [1.29, 1.82) is 0 Å². The number of hydrogen-bond donors (Lipinski definition) is 1. The molecule has 1 aromatic heterocycles. The van der Waals surface area contributed by atoms with E-state index in [1.165, 1.54) is 18.7 Å². The molecule has 0 aliphatic carbocycles. The molecule has 3 amide bonds. The van der Waals surface area contributed by atoms with Crippen molar-refractivity contribution in [3.05, 3.63) is 50.7 Å². The standard InChI is InChI=1S/C23H25N5O7/c1-25-19-18(22(32)26(2)23(25)33)13(20(30)24-19)11-17(29)27-7-9-28(10-8-27)21(31)16-12-34-14-5-3-4-6-15(14)35-16/h3-6,13,16H,7-12H2,1-2H3,(H,24,30)/t13-,16-/m0/s1. The molecule has 0 saturated carbocycles. The summed E-state index contributed by atoms with van der Waals surface area (Å²) in [7, 11) is 2.80. The van der Waals surface area contributed by atoms with Crippen LogP contribution in [-0.4, -0.2) is 75.5 Å². The molecular formula is C23H25N5O7. The molecule has 2 aromatic rings. The number of carbonyl (C=O) groups excluding carboxylic acids is 3. The van der Waals surface area contributed by atoms with Crippen LogP contribution < -0.4 is 26.0 Å². The number of para-hydroxylation sites is 2. The number of fused-ring (bicyclic) bond motifs is 2. The number of aromatic nitrogens is 2. The van der Waals surface area contributed by atoms with Gasteiger partial charge in [-0.25, -0.2) is 4.79 Å². The Morgan fingerprint density at radius 1 is 0.971 bits per heavy atom. The lowest BCUT2D eigenvalue weighted by Crippen LogP contribution is -2.55. The minimum Gasteiger partial charge on any atom is -0.485 e. The van der Waals surface area contributed by atoms with Gasteiger partial charge >= 0.3 is 5.69 Å². The zero-order valence-corrected chi connectivity index (χ0v) is 19.4. The predicted molar refractivity (Wildman–Crippen MR) is 122 cm³/mol. The summed E-state index contributed by atoms with van der Waals surface area (Å²) in [5, 5.41) is 2.56. The highest BCUT2D eigenvalue weighted by Crippen LogP contribution is 2.32. The molecule has 1 aromatic carbocycles. The zero-order chi connectivity index (χ0) is 24.9. The maximum absolute atomic E-state index is 13.0. The molecular weight excluding hydrogens is 458 g/mol. The molecule has 1 fully saturated rings. The predicted octanol–water partition coefficient (Wildman–Crippen LogP) is -0.979. The summed E-state index contributed by atoms with van der Waals surface area (Å²) in [6, 6.07) is 7.15. The summed E-state index contributed by atoms with van der Waals surface area (Å²) >= 11 is 0. The van der Waals surface area contributed by atoms with Crippen molar-refractivity contribution in [2.24, 2.45) is 14.1 Å². The van der Waals surface area contributed by atoms with Gasteiger partial charge in [-0.05, 0) is 12.1 Å². The number of anilines is 1. The maximum Gasteiger partial charge on any atom is 0.332 e. The summed E-state index contributed by atoms with van der Waals surface area (Å²) in [6.07, 6.45) is -0.954. The third kappa shape index (κ3) is 3.84. The lowest BCUT2D eigenvalue weighted by molar-refractivity contribution is -0.146. The Balaban J connectivity index is 1.22. The van der Waals surface area contributed by atoms with Gasteiger partial charge in [0.2, 0.25) is 17.9 Å². The monoisotopic (exact) mass is 483 g/mol. The Morgan fingerprint density at radius 3 is 2.34 bits per heavy atom. The molecule has 3 aliphatic heterocycles. The van der Waals surface area contributed by atoms with Gasteiger partial charge in [-0.15, -0.1) is 0 Å². The Labute approximate surface area is 199 Å². The number of nitrogens with zero attached hydrogens (tertiary/aromatic N) is 4. The van der Waals surface area contributed by atoms with E-state index in [2.05, 4.69) is 5.32 Å². The SMILES string of the molecule is Cn1c2c(c(=O)n(C)c1=O)[C@H](CC(=O)N1CCN(C(=O)[C@@H]3COc4ccccc4O3)CC1)C(=O)N2. The van der Waals surface area contributed by atoms with E-state index in [-0.39, 0.29) is 36.2 Å². The summed E-state index contributed by atoms with van der Waals surface area (Å²) in [5.41, 5.74) is -1.03. The number of piperazine rings is 1. The van der Waals surface area contributed by atoms with E-state index in [0.717, 1.165) is 4.57 Å². The first-order valence-electron chi connectivity index (χ1n) is 11.3. The number of rotatable bonds is 3. The Hall–Kier alpha value is -4.09. The molecule has 0 spiro atoms. The van der Waals surface area contributed by atoms with Crippen LogP contribution in [0, 0.1) is 0 Å². The summed E-state index contributed by atoms with van der Waals surface area (Å²) < 4.78 is 13.5.